The van der Waals surface area contributed by atoms with Crippen LogP contribution in [0.15, 0.2) is 0 Å². The first-order valence-corrected chi connectivity index (χ1v) is 8.17. The van der Waals surface area contributed by atoms with Gasteiger partial charge in [-0.2, -0.15) is 0 Å². The van der Waals surface area contributed by atoms with Crippen LogP contribution >= 0.6 is 21.6 Å². The number of amides is 4. The molecule has 2 aliphatic heterocycles. The molecule has 4 N–H and O–H groups in total. The lowest BCUT2D eigenvalue weighted by atomic mass is 10.2. The van der Waals surface area contributed by atoms with Crippen LogP contribution in [0, 0.1) is 13.1 Å². The molecule has 2 fully saturated rings. The molecule has 0 spiro atoms. The van der Waals surface area contributed by atoms with Crippen LogP contribution < -0.4 is 21.3 Å². The van der Waals surface area contributed by atoms with Gasteiger partial charge < -0.3 is 21.3 Å². The van der Waals surface area contributed by atoms with E-state index in [1.54, 1.807) is 0 Å². The maximum Gasteiger partial charge on any atom is 0.245 e. The van der Waals surface area contributed by atoms with E-state index < -0.39 is 12.1 Å². The van der Waals surface area contributed by atoms with Gasteiger partial charge in [-0.25, -0.2) is 0 Å². The molecule has 8 nitrogen and oxygen atoms in total. The smallest absolute Gasteiger partial charge is 0.245 e. The van der Waals surface area contributed by atoms with Crippen molar-refractivity contribution >= 4 is 45.2 Å². The van der Waals surface area contributed by atoms with Gasteiger partial charge in [-0.1, -0.05) is 21.6 Å². The highest BCUT2D eigenvalue weighted by Gasteiger charge is 2.28. The molecule has 2 unspecified atom stereocenters. The van der Waals surface area contributed by atoms with Gasteiger partial charge in [0.1, 0.15) is 25.2 Å². The minimum absolute atomic E-state index is 0.268. The standard InChI is InChI=1S/C10H12N4O4S2/c15-7-1-11-9(17)5(13-7)3-19-20-4-6-10(18)12-2-8(16)14-6/h1-2,5-6H,3-4H2,(H,11,17)(H,12,18)(H,13,15)(H,14,16). The highest BCUT2D eigenvalue weighted by atomic mass is 33.1. The fraction of sp³-hybridized carbons (Fsp3) is 0.400. The Bertz CT molecular complexity index is 405. The summed E-state index contributed by atoms with van der Waals surface area (Å²) in [5.74, 6) is -0.453. The van der Waals surface area contributed by atoms with E-state index in [4.69, 9.17) is 0 Å². The molecule has 2 aliphatic rings. The molecule has 10 heteroatoms. The van der Waals surface area contributed by atoms with E-state index in [0.29, 0.717) is 11.5 Å². The number of hydrogen-bond donors (Lipinski definition) is 4. The van der Waals surface area contributed by atoms with E-state index in [1.165, 1.54) is 21.6 Å². The SMILES string of the molecule is O=C1[CH]NC(=O)C(CSSCC2NC(=O)[CH]NC2=O)N1. The zero-order valence-electron chi connectivity index (χ0n) is 10.2. The van der Waals surface area contributed by atoms with Crippen LogP contribution in [0.3, 0.4) is 0 Å². The Morgan fingerprint density at radius 2 is 1.20 bits per heavy atom. The van der Waals surface area contributed by atoms with Gasteiger partial charge in [-0.15, -0.1) is 0 Å². The normalized spacial score (nSPS) is 26.4. The first-order chi connectivity index (χ1) is 9.56. The number of piperazine rings is 2. The second kappa shape index (κ2) is 6.84. The van der Waals surface area contributed by atoms with Crippen LogP contribution in [0.1, 0.15) is 0 Å². The monoisotopic (exact) mass is 316 g/mol. The van der Waals surface area contributed by atoms with Crippen molar-refractivity contribution in [1.82, 2.24) is 21.3 Å². The second-order valence-electron chi connectivity index (χ2n) is 4.00. The molecule has 20 heavy (non-hydrogen) atoms. The fourth-order valence-corrected chi connectivity index (χ4v) is 3.83. The van der Waals surface area contributed by atoms with E-state index in [-0.39, 0.29) is 23.6 Å². The summed E-state index contributed by atoms with van der Waals surface area (Å²) in [6, 6.07) is -1.18. The van der Waals surface area contributed by atoms with Gasteiger partial charge in [0, 0.05) is 11.5 Å². The molecule has 0 aromatic rings. The first-order valence-electron chi connectivity index (χ1n) is 5.69. The Morgan fingerprint density at radius 1 is 0.800 bits per heavy atom. The topological polar surface area (TPSA) is 116 Å². The van der Waals surface area contributed by atoms with Crippen LogP contribution in [0.4, 0.5) is 0 Å². The van der Waals surface area contributed by atoms with Crippen LogP contribution in [0.2, 0.25) is 0 Å². The summed E-state index contributed by atoms with van der Waals surface area (Å²) >= 11 is 0. The molecule has 2 heterocycles. The number of nitrogens with one attached hydrogen (secondary N) is 4. The zero-order chi connectivity index (χ0) is 14.5. The predicted octanol–water partition coefficient (Wildman–Crippen LogP) is -2.08. The van der Waals surface area contributed by atoms with Gasteiger partial charge in [0.25, 0.3) is 0 Å². The van der Waals surface area contributed by atoms with Gasteiger partial charge >= 0.3 is 0 Å². The van der Waals surface area contributed by atoms with Crippen molar-refractivity contribution in [3.63, 3.8) is 0 Å². The highest BCUT2D eigenvalue weighted by Crippen LogP contribution is 2.23. The Balaban J connectivity index is 1.68. The van der Waals surface area contributed by atoms with Gasteiger partial charge in [0.05, 0.1) is 0 Å². The van der Waals surface area contributed by atoms with Crippen LogP contribution in [-0.2, 0) is 19.2 Å². The van der Waals surface area contributed by atoms with Crippen LogP contribution in [-0.4, -0.2) is 47.2 Å². The van der Waals surface area contributed by atoms with Crippen molar-refractivity contribution in [1.29, 1.82) is 0 Å². The number of carbonyl (C=O) groups excluding carboxylic acids is 4. The summed E-state index contributed by atoms with van der Waals surface area (Å²) in [6.07, 6.45) is 0. The Hall–Kier alpha value is -1.42. The van der Waals surface area contributed by atoms with E-state index in [9.17, 15) is 19.2 Å². The molecule has 2 rings (SSSR count). The quantitative estimate of drug-likeness (QED) is 0.342. The summed E-state index contributed by atoms with van der Waals surface area (Å²) in [7, 11) is 2.70. The number of rotatable bonds is 5. The van der Waals surface area contributed by atoms with Crippen LogP contribution in [0.25, 0.3) is 0 Å². The van der Waals surface area contributed by atoms with E-state index in [2.05, 4.69) is 21.3 Å². The molecule has 0 aromatic carbocycles. The lowest BCUT2D eigenvalue weighted by Gasteiger charge is -2.23. The van der Waals surface area contributed by atoms with Gasteiger partial charge in [-0.3, -0.25) is 19.2 Å². The van der Waals surface area contributed by atoms with Crippen molar-refractivity contribution in [3.8, 4) is 0 Å². The van der Waals surface area contributed by atoms with E-state index in [1.807, 2.05) is 0 Å². The lowest BCUT2D eigenvalue weighted by Crippen LogP contribution is -2.55. The highest BCUT2D eigenvalue weighted by molar-refractivity contribution is 8.76. The summed E-state index contributed by atoms with van der Waals surface area (Å²) < 4.78 is 0. The lowest BCUT2D eigenvalue weighted by molar-refractivity contribution is -0.130. The maximum atomic E-state index is 11.4. The minimum Gasteiger partial charge on any atom is -0.342 e. The van der Waals surface area contributed by atoms with Crippen molar-refractivity contribution in [3.05, 3.63) is 13.1 Å². The Kier molecular flexibility index (Phi) is 5.12. The number of carbonyl (C=O) groups is 4. The van der Waals surface area contributed by atoms with Crippen molar-refractivity contribution in [2.24, 2.45) is 0 Å². The summed E-state index contributed by atoms with van der Waals surface area (Å²) in [5, 5.41) is 9.77. The molecule has 2 saturated heterocycles. The third kappa shape index (κ3) is 4.04. The minimum atomic E-state index is -0.590. The van der Waals surface area contributed by atoms with Gasteiger partial charge in [0.15, 0.2) is 0 Å². The molecule has 108 valence electrons. The fourth-order valence-electron chi connectivity index (χ4n) is 1.50. The van der Waals surface area contributed by atoms with Gasteiger partial charge in [0.2, 0.25) is 23.6 Å². The molecule has 4 amide bonds. The molecule has 0 aliphatic carbocycles. The third-order valence-electron chi connectivity index (χ3n) is 2.51. The van der Waals surface area contributed by atoms with E-state index >= 15 is 0 Å². The first kappa shape index (κ1) is 15.0. The van der Waals surface area contributed by atoms with Gasteiger partial charge in [-0.05, 0) is 0 Å². The third-order valence-corrected chi connectivity index (χ3v) is 4.93. The Labute approximate surface area is 123 Å². The molecule has 0 saturated carbocycles. The average molecular weight is 316 g/mol. The van der Waals surface area contributed by atoms with E-state index in [0.717, 1.165) is 13.1 Å². The molecule has 0 aromatic heterocycles. The average Bonchev–Trinajstić information content (AvgIpc) is 2.42. The number of hydrogen-bond acceptors (Lipinski definition) is 6. The maximum absolute atomic E-state index is 11.4. The zero-order valence-corrected chi connectivity index (χ0v) is 11.8. The summed E-state index contributed by atoms with van der Waals surface area (Å²) in [5.41, 5.74) is 0. The molecule has 0 bridgehead atoms. The summed E-state index contributed by atoms with van der Waals surface area (Å²) in [6.45, 7) is 2.16. The Morgan fingerprint density at radius 3 is 1.60 bits per heavy atom. The van der Waals surface area contributed by atoms with Crippen molar-refractivity contribution in [2.75, 3.05) is 11.5 Å². The predicted molar refractivity (Wildman–Crippen MR) is 73.7 cm³/mol. The second-order valence-corrected chi connectivity index (χ2v) is 6.55. The molecule has 2 radical (unpaired) electrons. The molecular formula is C10H12N4O4S2. The largest absolute Gasteiger partial charge is 0.342 e. The summed E-state index contributed by atoms with van der Waals surface area (Å²) in [4.78, 5) is 45.0. The molecule has 2 atom stereocenters. The van der Waals surface area contributed by atoms with Crippen molar-refractivity contribution < 1.29 is 19.2 Å². The van der Waals surface area contributed by atoms with Crippen molar-refractivity contribution in [2.45, 2.75) is 12.1 Å². The van der Waals surface area contributed by atoms with Crippen LogP contribution in [0.5, 0.6) is 0 Å². The molecular weight excluding hydrogens is 304 g/mol.